The normalized spacial score (nSPS) is 20.2. The van der Waals surface area contributed by atoms with E-state index in [0.717, 1.165) is 44.6 Å². The van der Waals surface area contributed by atoms with Gasteiger partial charge < -0.3 is 5.32 Å². The van der Waals surface area contributed by atoms with E-state index in [2.05, 4.69) is 21.2 Å². The lowest BCUT2D eigenvalue weighted by Crippen LogP contribution is -2.32. The Morgan fingerprint density at radius 3 is 2.44 bits per heavy atom. The highest BCUT2D eigenvalue weighted by Crippen LogP contribution is 2.54. The zero-order valence-corrected chi connectivity index (χ0v) is 24.6. The highest BCUT2D eigenvalue weighted by Gasteiger charge is 2.57. The first kappa shape index (κ1) is 27.9. The maximum atomic E-state index is 13.8. The van der Waals surface area contributed by atoms with Crippen molar-refractivity contribution in [1.29, 1.82) is 0 Å². The SMILES string of the molecule is O=C(Cn1c2c(sc1=O)[C@@H](c1cccs1)C1C(=O)N(c3ccc(Br)cc3)C(=O)C1S2)Nc1cccc(C(F)(F)F)c1. The first-order chi connectivity index (χ1) is 19.5. The van der Waals surface area contributed by atoms with Crippen LogP contribution in [0, 0.1) is 5.92 Å². The fourth-order valence-electron chi connectivity index (χ4n) is 4.99. The second-order valence-corrected chi connectivity index (χ2v) is 13.3. The van der Waals surface area contributed by atoms with Gasteiger partial charge in [-0.2, -0.15) is 13.2 Å². The number of fused-ring (bicyclic) bond motifs is 2. The van der Waals surface area contributed by atoms with Gasteiger partial charge in [-0.3, -0.25) is 23.7 Å². The topological polar surface area (TPSA) is 88.5 Å². The summed E-state index contributed by atoms with van der Waals surface area (Å²) in [4.78, 5) is 55.6. The molecule has 0 radical (unpaired) electrons. The van der Waals surface area contributed by atoms with E-state index in [9.17, 15) is 32.3 Å². The van der Waals surface area contributed by atoms with Gasteiger partial charge in [0.2, 0.25) is 17.7 Å². The molecule has 6 rings (SSSR count). The van der Waals surface area contributed by atoms with Gasteiger partial charge in [-0.1, -0.05) is 51.2 Å². The van der Waals surface area contributed by atoms with Crippen molar-refractivity contribution in [3.05, 3.63) is 95.5 Å². The van der Waals surface area contributed by atoms with Crippen LogP contribution >= 0.6 is 50.4 Å². The fourth-order valence-corrected chi connectivity index (χ4v) is 8.98. The van der Waals surface area contributed by atoms with Gasteiger partial charge in [0.05, 0.1) is 22.2 Å². The first-order valence-corrected chi connectivity index (χ1v) is 15.4. The number of carbonyl (C=O) groups excluding carboxylic acids is 3. The number of benzene rings is 2. The van der Waals surface area contributed by atoms with Crippen LogP contribution in [0.25, 0.3) is 0 Å². The van der Waals surface area contributed by atoms with Crippen molar-refractivity contribution >= 4 is 79.5 Å². The van der Waals surface area contributed by atoms with E-state index in [4.69, 9.17) is 0 Å². The van der Waals surface area contributed by atoms with Crippen molar-refractivity contribution in [2.45, 2.75) is 28.9 Å². The number of hydrogen-bond donors (Lipinski definition) is 1. The number of imide groups is 1. The summed E-state index contributed by atoms with van der Waals surface area (Å²) in [5.74, 6) is -2.81. The Balaban J connectivity index is 1.35. The van der Waals surface area contributed by atoms with E-state index in [0.29, 0.717) is 15.6 Å². The van der Waals surface area contributed by atoms with Gasteiger partial charge in [0.25, 0.3) is 0 Å². The van der Waals surface area contributed by atoms with Crippen LogP contribution in [0.2, 0.25) is 0 Å². The van der Waals surface area contributed by atoms with Gasteiger partial charge in [0.15, 0.2) is 0 Å². The highest BCUT2D eigenvalue weighted by atomic mass is 79.9. The van der Waals surface area contributed by atoms with Crippen LogP contribution in [0.4, 0.5) is 24.5 Å². The van der Waals surface area contributed by atoms with Crippen LogP contribution in [-0.2, 0) is 27.1 Å². The number of carbonyl (C=O) groups is 3. The summed E-state index contributed by atoms with van der Waals surface area (Å²) in [6.45, 7) is -0.471. The number of anilines is 2. The van der Waals surface area contributed by atoms with Crippen LogP contribution < -0.4 is 15.1 Å². The molecule has 2 unspecified atom stereocenters. The number of thiazole rings is 1. The molecule has 2 aliphatic heterocycles. The number of aromatic nitrogens is 1. The molecule has 2 aliphatic rings. The molecule has 3 atom stereocenters. The van der Waals surface area contributed by atoms with Gasteiger partial charge >= 0.3 is 11.0 Å². The Morgan fingerprint density at radius 2 is 1.76 bits per heavy atom. The Hall–Kier alpha value is -3.20. The average molecular weight is 681 g/mol. The number of alkyl halides is 3. The smallest absolute Gasteiger partial charge is 0.325 e. The Kier molecular flexibility index (Phi) is 7.20. The van der Waals surface area contributed by atoms with E-state index < -0.39 is 52.1 Å². The van der Waals surface area contributed by atoms with E-state index in [1.165, 1.54) is 32.9 Å². The van der Waals surface area contributed by atoms with Gasteiger partial charge in [0, 0.05) is 25.8 Å². The Labute approximate surface area is 251 Å². The van der Waals surface area contributed by atoms with Crippen LogP contribution in [0.1, 0.15) is 21.2 Å². The minimum absolute atomic E-state index is 0.0622. The lowest BCUT2D eigenvalue weighted by molar-refractivity contribution is -0.137. The lowest BCUT2D eigenvalue weighted by atomic mass is 9.87. The monoisotopic (exact) mass is 679 g/mol. The zero-order valence-electron chi connectivity index (χ0n) is 20.6. The number of nitrogens with zero attached hydrogens (tertiary/aromatic N) is 2. The quantitative estimate of drug-likeness (QED) is 0.254. The number of amides is 3. The number of thioether (sulfide) groups is 1. The first-order valence-electron chi connectivity index (χ1n) is 12.1. The molecule has 14 heteroatoms. The van der Waals surface area contributed by atoms with Gasteiger partial charge in [-0.05, 0) is 53.9 Å². The maximum absolute atomic E-state index is 13.8. The molecule has 0 aliphatic carbocycles. The third kappa shape index (κ3) is 5.07. The van der Waals surface area contributed by atoms with Crippen molar-refractivity contribution in [3.8, 4) is 0 Å². The van der Waals surface area contributed by atoms with Crippen LogP contribution in [0.15, 0.2) is 80.3 Å². The van der Waals surface area contributed by atoms with Crippen LogP contribution in [-0.4, -0.2) is 27.5 Å². The molecule has 210 valence electrons. The summed E-state index contributed by atoms with van der Waals surface area (Å²) in [5, 5.41) is 3.84. The van der Waals surface area contributed by atoms with Crippen molar-refractivity contribution in [2.24, 2.45) is 5.92 Å². The largest absolute Gasteiger partial charge is 0.416 e. The summed E-state index contributed by atoms with van der Waals surface area (Å²) in [6.07, 6.45) is -4.58. The molecule has 1 saturated heterocycles. The predicted octanol–water partition coefficient (Wildman–Crippen LogP) is 6.19. The lowest BCUT2D eigenvalue weighted by Gasteiger charge is -2.29. The fraction of sp³-hybridized carbons (Fsp3) is 0.185. The summed E-state index contributed by atoms with van der Waals surface area (Å²) >= 11 is 6.74. The summed E-state index contributed by atoms with van der Waals surface area (Å²) in [5.41, 5.74) is -0.544. The molecule has 0 spiro atoms. The van der Waals surface area contributed by atoms with Crippen LogP contribution in [0.5, 0.6) is 0 Å². The number of halogens is 4. The maximum Gasteiger partial charge on any atom is 0.416 e. The molecule has 4 heterocycles. The van der Waals surface area contributed by atoms with Crippen molar-refractivity contribution < 1.29 is 27.6 Å². The molecule has 0 bridgehead atoms. The standard InChI is InChI=1S/C27H17BrF3N3O4S3/c28-14-6-8-16(9-7-14)34-23(36)20-19(17-5-2-10-39-17)22-25(40-21(20)24(34)37)33(26(38)41-22)12-18(35)32-15-4-1-3-13(11-15)27(29,30)31/h1-11,19-21H,12H2,(H,32,35)/t19-,20?,21?/m0/s1. The summed E-state index contributed by atoms with van der Waals surface area (Å²) in [7, 11) is 0. The number of thiophene rings is 1. The molecule has 1 fully saturated rings. The second-order valence-electron chi connectivity index (χ2n) is 9.30. The molecular weight excluding hydrogens is 663 g/mol. The van der Waals surface area contributed by atoms with E-state index >= 15 is 0 Å². The Morgan fingerprint density at radius 1 is 1.00 bits per heavy atom. The molecule has 41 heavy (non-hydrogen) atoms. The highest BCUT2D eigenvalue weighted by molar-refractivity contribution is 9.10. The Bertz CT molecular complexity index is 1730. The molecule has 0 saturated carbocycles. The predicted molar refractivity (Wildman–Crippen MR) is 155 cm³/mol. The van der Waals surface area contributed by atoms with E-state index in [1.54, 1.807) is 24.3 Å². The molecule has 1 N–H and O–H groups in total. The summed E-state index contributed by atoms with van der Waals surface area (Å²) < 4.78 is 41.3. The van der Waals surface area contributed by atoms with E-state index in [-0.39, 0.29) is 11.6 Å². The van der Waals surface area contributed by atoms with Crippen molar-refractivity contribution in [2.75, 3.05) is 10.2 Å². The number of hydrogen-bond acceptors (Lipinski definition) is 7. The zero-order chi connectivity index (χ0) is 29.1. The molecule has 2 aromatic carbocycles. The number of rotatable bonds is 5. The third-order valence-corrected chi connectivity index (χ3v) is 10.8. The van der Waals surface area contributed by atoms with Gasteiger partial charge in [0.1, 0.15) is 11.8 Å². The average Bonchev–Trinajstić information content (AvgIpc) is 3.62. The van der Waals surface area contributed by atoms with Gasteiger partial charge in [-0.15, -0.1) is 11.3 Å². The molecule has 7 nitrogen and oxygen atoms in total. The van der Waals surface area contributed by atoms with Gasteiger partial charge in [-0.25, -0.2) is 4.90 Å². The van der Waals surface area contributed by atoms with Crippen molar-refractivity contribution in [1.82, 2.24) is 4.57 Å². The molecule has 4 aromatic rings. The minimum Gasteiger partial charge on any atom is -0.325 e. The second kappa shape index (κ2) is 10.6. The molecule has 3 amide bonds. The minimum atomic E-state index is -4.58. The van der Waals surface area contributed by atoms with E-state index in [1.807, 2.05) is 17.5 Å². The van der Waals surface area contributed by atoms with Crippen LogP contribution in [0.3, 0.4) is 0 Å². The van der Waals surface area contributed by atoms with Crippen molar-refractivity contribution in [3.63, 3.8) is 0 Å². The summed E-state index contributed by atoms with van der Waals surface area (Å²) in [6, 6.07) is 14.7. The number of nitrogens with one attached hydrogen (secondary N) is 1. The molecule has 2 aromatic heterocycles. The molecular formula is C27H17BrF3N3O4S3. The third-order valence-electron chi connectivity index (χ3n) is 6.76.